The summed E-state index contributed by atoms with van der Waals surface area (Å²) in [4.78, 5) is 0. The lowest BCUT2D eigenvalue weighted by atomic mass is 9.66. The van der Waals surface area contributed by atoms with Gasteiger partial charge in [-0.2, -0.15) is 0 Å². The fourth-order valence-electron chi connectivity index (χ4n) is 2.94. The van der Waals surface area contributed by atoms with Crippen molar-refractivity contribution < 1.29 is 26.3 Å². The topological polar surface area (TPSA) is 0 Å². The zero-order valence-electron chi connectivity index (χ0n) is 13.3. The number of allylic oxidation sites excluding steroid dienone is 4. The first-order valence-electron chi connectivity index (χ1n) is 7.04. The fraction of sp³-hybridized carbons (Fsp3) is 0.412. The lowest BCUT2D eigenvalue weighted by Crippen LogP contribution is -2.38. The Morgan fingerprint density at radius 3 is 1.78 bits per heavy atom. The van der Waals surface area contributed by atoms with Crippen molar-refractivity contribution in [3.05, 3.63) is 57.2 Å². The van der Waals surface area contributed by atoms with Crippen LogP contribution in [0.25, 0.3) is 0 Å². The maximum Gasteiger partial charge on any atom is 0.166 e. The van der Waals surface area contributed by atoms with Gasteiger partial charge in [0.25, 0.3) is 0 Å². The van der Waals surface area contributed by atoms with Crippen LogP contribution >= 0.6 is 0 Å². The molecule has 0 aromatic heterocycles. The van der Waals surface area contributed by atoms with Gasteiger partial charge in [-0.05, 0) is 38.8 Å². The summed E-state index contributed by atoms with van der Waals surface area (Å²) >= 11 is 0. The van der Waals surface area contributed by atoms with E-state index >= 15 is 0 Å². The maximum atomic E-state index is 14.6. The van der Waals surface area contributed by atoms with E-state index in [0.717, 1.165) is 13.8 Å². The highest BCUT2D eigenvalue weighted by Crippen LogP contribution is 2.52. The van der Waals surface area contributed by atoms with Crippen LogP contribution in [0.1, 0.15) is 37.5 Å². The Morgan fingerprint density at radius 1 is 0.783 bits per heavy atom. The Morgan fingerprint density at radius 2 is 1.26 bits per heavy atom. The quantitative estimate of drug-likeness (QED) is 0.435. The van der Waals surface area contributed by atoms with Crippen LogP contribution in [0.5, 0.6) is 0 Å². The maximum absolute atomic E-state index is 14.6. The Labute approximate surface area is 130 Å². The van der Waals surface area contributed by atoms with Gasteiger partial charge in [0.15, 0.2) is 17.5 Å². The van der Waals surface area contributed by atoms with Gasteiger partial charge < -0.3 is 0 Å². The van der Waals surface area contributed by atoms with Crippen molar-refractivity contribution in [1.29, 1.82) is 0 Å². The molecule has 23 heavy (non-hydrogen) atoms. The van der Waals surface area contributed by atoms with Gasteiger partial charge in [0, 0.05) is 17.1 Å². The lowest BCUT2D eigenvalue weighted by Gasteiger charge is -2.38. The number of hydrogen-bond acceptors (Lipinski definition) is 0. The Balaban J connectivity index is 2.92. The van der Waals surface area contributed by atoms with Gasteiger partial charge in [-0.1, -0.05) is 6.92 Å². The summed E-state index contributed by atoms with van der Waals surface area (Å²) in [5.74, 6) is -9.63. The van der Waals surface area contributed by atoms with Crippen LogP contribution in [-0.2, 0) is 5.41 Å². The predicted molar refractivity (Wildman–Crippen MR) is 75.4 cm³/mol. The molecule has 0 amide bonds. The van der Waals surface area contributed by atoms with Gasteiger partial charge in [-0.25, -0.2) is 26.3 Å². The molecule has 0 saturated carbocycles. The zero-order chi connectivity index (χ0) is 17.9. The standard InChI is InChI=1S/C17H16F6/c1-6-7(2)13(20)15(22)10(12(6)19)17(5)9(4)11(18)8(3)14(21)16(17)23/h9H,1-5H3. The van der Waals surface area contributed by atoms with Crippen molar-refractivity contribution in [2.24, 2.45) is 5.92 Å². The summed E-state index contributed by atoms with van der Waals surface area (Å²) in [5.41, 5.74) is -4.38. The Bertz CT molecular complexity index is 730. The molecule has 0 N–H and O–H groups in total. The molecule has 2 atom stereocenters. The van der Waals surface area contributed by atoms with Crippen LogP contribution in [0.2, 0.25) is 0 Å². The molecule has 1 aromatic carbocycles. The van der Waals surface area contributed by atoms with E-state index in [-0.39, 0.29) is 11.1 Å². The monoisotopic (exact) mass is 334 g/mol. The summed E-state index contributed by atoms with van der Waals surface area (Å²) in [6.07, 6.45) is 0. The van der Waals surface area contributed by atoms with E-state index in [9.17, 15) is 26.3 Å². The summed E-state index contributed by atoms with van der Waals surface area (Å²) in [6.45, 7) is 5.55. The first kappa shape index (κ1) is 17.6. The van der Waals surface area contributed by atoms with Gasteiger partial charge in [0.05, 0.1) is 5.41 Å². The predicted octanol–water partition coefficient (Wildman–Crippen LogP) is 6.02. The first-order chi connectivity index (χ1) is 10.5. The molecule has 0 bridgehead atoms. The molecule has 0 fully saturated rings. The van der Waals surface area contributed by atoms with E-state index < -0.39 is 57.4 Å². The third-order valence-corrected chi connectivity index (χ3v) is 4.95. The molecule has 2 unspecified atom stereocenters. The second-order valence-electron chi connectivity index (χ2n) is 6.09. The van der Waals surface area contributed by atoms with Crippen LogP contribution in [0.3, 0.4) is 0 Å². The molecule has 1 aromatic rings. The number of benzene rings is 1. The van der Waals surface area contributed by atoms with Crippen molar-refractivity contribution in [1.82, 2.24) is 0 Å². The average Bonchev–Trinajstić information content (AvgIpc) is 2.53. The molecule has 126 valence electrons. The minimum absolute atomic E-state index is 0.229. The van der Waals surface area contributed by atoms with Gasteiger partial charge in [-0.15, -0.1) is 0 Å². The van der Waals surface area contributed by atoms with Crippen molar-refractivity contribution in [2.45, 2.75) is 40.0 Å². The van der Waals surface area contributed by atoms with Gasteiger partial charge in [0.2, 0.25) is 0 Å². The number of hydrogen-bond donors (Lipinski definition) is 0. The third kappa shape index (κ3) is 2.14. The van der Waals surface area contributed by atoms with Gasteiger partial charge >= 0.3 is 0 Å². The van der Waals surface area contributed by atoms with Crippen LogP contribution in [0, 0.1) is 37.2 Å². The van der Waals surface area contributed by atoms with Crippen LogP contribution < -0.4 is 0 Å². The summed E-state index contributed by atoms with van der Waals surface area (Å²) in [5, 5.41) is 0. The highest BCUT2D eigenvalue weighted by atomic mass is 19.2. The molecule has 0 saturated heterocycles. The number of rotatable bonds is 1. The summed E-state index contributed by atoms with van der Waals surface area (Å²) < 4.78 is 85.7. The SMILES string of the molecule is CC1=C(F)C(C)C(C)(c2c(F)c(C)c(C)c(F)c2F)C(F)=C1F. The third-order valence-electron chi connectivity index (χ3n) is 4.95. The molecular weight excluding hydrogens is 318 g/mol. The first-order valence-corrected chi connectivity index (χ1v) is 7.04. The molecule has 1 aliphatic carbocycles. The second-order valence-corrected chi connectivity index (χ2v) is 6.09. The Hall–Kier alpha value is -1.72. The van der Waals surface area contributed by atoms with Crippen molar-refractivity contribution in [2.75, 3.05) is 0 Å². The van der Waals surface area contributed by atoms with Crippen molar-refractivity contribution in [3.63, 3.8) is 0 Å². The molecule has 0 aliphatic heterocycles. The van der Waals surface area contributed by atoms with Crippen molar-refractivity contribution >= 4 is 0 Å². The average molecular weight is 334 g/mol. The largest absolute Gasteiger partial charge is 0.211 e. The minimum Gasteiger partial charge on any atom is -0.211 e. The normalized spacial score (nSPS) is 25.4. The van der Waals surface area contributed by atoms with E-state index in [2.05, 4.69) is 0 Å². The van der Waals surface area contributed by atoms with Gasteiger partial charge in [-0.3, -0.25) is 0 Å². The molecule has 0 spiro atoms. The van der Waals surface area contributed by atoms with Gasteiger partial charge in [0.1, 0.15) is 17.5 Å². The van der Waals surface area contributed by atoms with E-state index in [4.69, 9.17) is 0 Å². The molecule has 1 aliphatic rings. The van der Waals surface area contributed by atoms with Crippen molar-refractivity contribution in [3.8, 4) is 0 Å². The number of halogens is 6. The minimum atomic E-state index is -2.32. The summed E-state index contributed by atoms with van der Waals surface area (Å²) in [6, 6.07) is 0. The highest BCUT2D eigenvalue weighted by Gasteiger charge is 2.50. The lowest BCUT2D eigenvalue weighted by molar-refractivity contribution is 0.257. The Kier molecular flexibility index (Phi) is 4.16. The molecule has 0 nitrogen and oxygen atoms in total. The smallest absolute Gasteiger partial charge is 0.166 e. The van der Waals surface area contributed by atoms with Crippen LogP contribution in [0.4, 0.5) is 26.3 Å². The highest BCUT2D eigenvalue weighted by molar-refractivity contribution is 5.50. The molecule has 6 heteroatoms. The molecule has 0 heterocycles. The summed E-state index contributed by atoms with van der Waals surface area (Å²) in [7, 11) is 0. The fourth-order valence-corrected chi connectivity index (χ4v) is 2.94. The van der Waals surface area contributed by atoms with E-state index in [1.807, 2.05) is 0 Å². The van der Waals surface area contributed by atoms with E-state index in [1.165, 1.54) is 20.8 Å². The van der Waals surface area contributed by atoms with Crippen LogP contribution in [-0.4, -0.2) is 0 Å². The second kappa shape index (κ2) is 5.42. The molecule has 2 rings (SSSR count). The molecular formula is C17H16F6. The van der Waals surface area contributed by atoms with Crippen LogP contribution in [0.15, 0.2) is 23.1 Å². The van der Waals surface area contributed by atoms with E-state index in [1.54, 1.807) is 0 Å². The van der Waals surface area contributed by atoms with E-state index in [0.29, 0.717) is 0 Å². The zero-order valence-corrected chi connectivity index (χ0v) is 13.3. The molecule has 0 radical (unpaired) electrons.